The van der Waals surface area contributed by atoms with Crippen molar-refractivity contribution in [3.05, 3.63) is 58.9 Å². The SMILES string of the molecule is CCOc1cccc(CNCc2ccc(F)c(C)c2)c1OC(F)F. The van der Waals surface area contributed by atoms with Gasteiger partial charge in [-0.2, -0.15) is 8.78 Å². The van der Waals surface area contributed by atoms with Crippen LogP contribution < -0.4 is 14.8 Å². The number of para-hydroxylation sites is 1. The Labute approximate surface area is 139 Å². The van der Waals surface area contributed by atoms with Crippen LogP contribution >= 0.6 is 0 Å². The highest BCUT2D eigenvalue weighted by atomic mass is 19.3. The lowest BCUT2D eigenvalue weighted by Crippen LogP contribution is -2.15. The van der Waals surface area contributed by atoms with Gasteiger partial charge in [0.1, 0.15) is 5.82 Å². The summed E-state index contributed by atoms with van der Waals surface area (Å²) in [5, 5.41) is 3.14. The van der Waals surface area contributed by atoms with Gasteiger partial charge < -0.3 is 14.8 Å². The molecule has 0 bridgehead atoms. The van der Waals surface area contributed by atoms with E-state index in [9.17, 15) is 13.2 Å². The van der Waals surface area contributed by atoms with Crippen LogP contribution in [0.1, 0.15) is 23.6 Å². The van der Waals surface area contributed by atoms with E-state index in [0.717, 1.165) is 5.56 Å². The Balaban J connectivity index is 2.07. The molecule has 0 saturated carbocycles. The monoisotopic (exact) mass is 339 g/mol. The average Bonchev–Trinajstić information content (AvgIpc) is 2.53. The highest BCUT2D eigenvalue weighted by Gasteiger charge is 2.15. The molecule has 0 atom stereocenters. The topological polar surface area (TPSA) is 30.5 Å². The first kappa shape index (κ1) is 18.1. The third-order valence-corrected chi connectivity index (χ3v) is 3.43. The van der Waals surface area contributed by atoms with E-state index in [1.54, 1.807) is 44.2 Å². The van der Waals surface area contributed by atoms with Crippen LogP contribution in [0.2, 0.25) is 0 Å². The molecule has 3 nitrogen and oxygen atoms in total. The fourth-order valence-corrected chi connectivity index (χ4v) is 2.35. The molecule has 24 heavy (non-hydrogen) atoms. The van der Waals surface area contributed by atoms with Crippen molar-refractivity contribution in [3.63, 3.8) is 0 Å². The predicted molar refractivity (Wildman–Crippen MR) is 85.9 cm³/mol. The zero-order chi connectivity index (χ0) is 17.5. The van der Waals surface area contributed by atoms with Gasteiger partial charge in [0.15, 0.2) is 11.5 Å². The van der Waals surface area contributed by atoms with Gasteiger partial charge in [0.2, 0.25) is 0 Å². The van der Waals surface area contributed by atoms with Gasteiger partial charge >= 0.3 is 6.61 Å². The summed E-state index contributed by atoms with van der Waals surface area (Å²) < 4.78 is 48.5. The standard InChI is InChI=1S/C18H20F3NO2/c1-3-23-16-6-4-5-14(17(16)24-18(20)21)11-22-10-13-7-8-15(19)12(2)9-13/h4-9,18,22H,3,10-11H2,1-2H3. The van der Waals surface area contributed by atoms with Crippen LogP contribution in [0.15, 0.2) is 36.4 Å². The molecule has 0 spiro atoms. The quantitative estimate of drug-likeness (QED) is 0.772. The first-order valence-electron chi connectivity index (χ1n) is 7.66. The zero-order valence-electron chi connectivity index (χ0n) is 13.6. The first-order valence-corrected chi connectivity index (χ1v) is 7.66. The van der Waals surface area contributed by atoms with E-state index < -0.39 is 6.61 Å². The van der Waals surface area contributed by atoms with E-state index in [1.807, 2.05) is 0 Å². The van der Waals surface area contributed by atoms with Crippen LogP contribution in [-0.2, 0) is 13.1 Å². The molecule has 0 unspecified atom stereocenters. The lowest BCUT2D eigenvalue weighted by atomic mass is 10.1. The number of halogens is 3. The summed E-state index contributed by atoms with van der Waals surface area (Å²) in [6.45, 7) is 1.69. The smallest absolute Gasteiger partial charge is 0.387 e. The van der Waals surface area contributed by atoms with Gasteiger partial charge in [0.05, 0.1) is 6.61 Å². The average molecular weight is 339 g/mol. The van der Waals surface area contributed by atoms with Gasteiger partial charge in [-0.05, 0) is 37.1 Å². The summed E-state index contributed by atoms with van der Waals surface area (Å²) in [6.07, 6.45) is 0. The van der Waals surface area contributed by atoms with Gasteiger partial charge in [0.25, 0.3) is 0 Å². The summed E-state index contributed by atoms with van der Waals surface area (Å²) in [4.78, 5) is 0. The number of hydrogen-bond donors (Lipinski definition) is 1. The molecule has 2 aromatic carbocycles. The molecule has 0 aliphatic rings. The first-order chi connectivity index (χ1) is 11.5. The summed E-state index contributed by atoms with van der Waals surface area (Å²) in [7, 11) is 0. The Bertz CT molecular complexity index is 677. The van der Waals surface area contributed by atoms with Crippen molar-refractivity contribution in [2.24, 2.45) is 0 Å². The van der Waals surface area contributed by atoms with Crippen molar-refractivity contribution in [3.8, 4) is 11.5 Å². The lowest BCUT2D eigenvalue weighted by Gasteiger charge is -2.16. The van der Waals surface area contributed by atoms with Crippen LogP contribution in [0.5, 0.6) is 11.5 Å². The Morgan fingerprint density at radius 2 is 1.92 bits per heavy atom. The maximum Gasteiger partial charge on any atom is 0.387 e. The van der Waals surface area contributed by atoms with E-state index in [2.05, 4.69) is 10.1 Å². The Morgan fingerprint density at radius 1 is 1.12 bits per heavy atom. The van der Waals surface area contributed by atoms with Crippen LogP contribution in [0, 0.1) is 12.7 Å². The fraction of sp³-hybridized carbons (Fsp3) is 0.333. The largest absolute Gasteiger partial charge is 0.490 e. The van der Waals surface area contributed by atoms with Crippen molar-refractivity contribution in [2.45, 2.75) is 33.5 Å². The molecule has 0 fully saturated rings. The normalized spacial score (nSPS) is 10.9. The van der Waals surface area contributed by atoms with Crippen LogP contribution in [0.4, 0.5) is 13.2 Å². The Hall–Kier alpha value is -2.21. The molecular formula is C18H20F3NO2. The van der Waals surface area contributed by atoms with Gasteiger partial charge in [-0.25, -0.2) is 4.39 Å². The van der Waals surface area contributed by atoms with Crippen LogP contribution in [0.25, 0.3) is 0 Å². The highest BCUT2D eigenvalue weighted by Crippen LogP contribution is 2.32. The van der Waals surface area contributed by atoms with Gasteiger partial charge in [-0.1, -0.05) is 24.3 Å². The predicted octanol–water partition coefficient (Wildman–Crippen LogP) is 4.42. The number of rotatable bonds is 8. The maximum atomic E-state index is 13.3. The van der Waals surface area contributed by atoms with E-state index >= 15 is 0 Å². The number of alkyl halides is 2. The van der Waals surface area contributed by atoms with Crippen molar-refractivity contribution < 1.29 is 22.6 Å². The molecule has 0 aliphatic heterocycles. The second kappa shape index (κ2) is 8.59. The van der Waals surface area contributed by atoms with Crippen molar-refractivity contribution in [1.82, 2.24) is 5.32 Å². The molecular weight excluding hydrogens is 319 g/mol. The fourth-order valence-electron chi connectivity index (χ4n) is 2.35. The number of benzene rings is 2. The lowest BCUT2D eigenvalue weighted by molar-refractivity contribution is -0.0521. The van der Waals surface area contributed by atoms with E-state index in [1.165, 1.54) is 6.07 Å². The second-order valence-corrected chi connectivity index (χ2v) is 5.24. The molecule has 130 valence electrons. The van der Waals surface area contributed by atoms with Crippen molar-refractivity contribution in [1.29, 1.82) is 0 Å². The second-order valence-electron chi connectivity index (χ2n) is 5.24. The molecule has 6 heteroatoms. The molecule has 0 aliphatic carbocycles. The van der Waals surface area contributed by atoms with Crippen LogP contribution in [0.3, 0.4) is 0 Å². The number of nitrogens with one attached hydrogen (secondary N) is 1. The minimum absolute atomic E-state index is 0.0390. The molecule has 2 aromatic rings. The third kappa shape index (κ3) is 4.89. The highest BCUT2D eigenvalue weighted by molar-refractivity contribution is 5.46. The third-order valence-electron chi connectivity index (χ3n) is 3.43. The van der Waals surface area contributed by atoms with E-state index in [0.29, 0.717) is 30.8 Å². The number of aryl methyl sites for hydroxylation is 1. The molecule has 1 N–H and O–H groups in total. The Morgan fingerprint density at radius 3 is 2.58 bits per heavy atom. The summed E-state index contributed by atoms with van der Waals surface area (Å²) in [5.74, 6) is 0.0719. The molecule has 0 radical (unpaired) electrons. The molecule has 0 heterocycles. The molecule has 0 aromatic heterocycles. The zero-order valence-corrected chi connectivity index (χ0v) is 13.6. The van der Waals surface area contributed by atoms with E-state index in [-0.39, 0.29) is 17.3 Å². The minimum atomic E-state index is -2.93. The maximum absolute atomic E-state index is 13.3. The number of hydrogen-bond acceptors (Lipinski definition) is 3. The summed E-state index contributed by atoms with van der Waals surface area (Å²) in [6, 6.07) is 9.85. The van der Waals surface area contributed by atoms with Crippen LogP contribution in [-0.4, -0.2) is 13.2 Å². The van der Waals surface area contributed by atoms with Crippen molar-refractivity contribution >= 4 is 0 Å². The molecule has 0 amide bonds. The van der Waals surface area contributed by atoms with Crippen molar-refractivity contribution in [2.75, 3.05) is 6.61 Å². The molecule has 0 saturated heterocycles. The Kier molecular flexibility index (Phi) is 6.49. The molecule has 2 rings (SSSR count). The van der Waals surface area contributed by atoms with Gasteiger partial charge in [-0.3, -0.25) is 0 Å². The van der Waals surface area contributed by atoms with Gasteiger partial charge in [-0.15, -0.1) is 0 Å². The summed E-state index contributed by atoms with van der Waals surface area (Å²) in [5.41, 5.74) is 2.04. The van der Waals surface area contributed by atoms with E-state index in [4.69, 9.17) is 4.74 Å². The minimum Gasteiger partial charge on any atom is -0.490 e. The van der Waals surface area contributed by atoms with Gasteiger partial charge in [0, 0.05) is 18.7 Å². The number of ether oxygens (including phenoxy) is 2. The summed E-state index contributed by atoms with van der Waals surface area (Å²) >= 11 is 0.